The molecule has 1 fully saturated rings. The average Bonchev–Trinajstić information content (AvgIpc) is 2.74. The molecule has 1 amide bonds. The van der Waals surface area contributed by atoms with Crippen molar-refractivity contribution in [1.82, 2.24) is 9.88 Å². The van der Waals surface area contributed by atoms with Crippen molar-refractivity contribution in [2.24, 2.45) is 0 Å². The van der Waals surface area contributed by atoms with Crippen LogP contribution in [0.5, 0.6) is 5.75 Å². The van der Waals surface area contributed by atoms with Crippen molar-refractivity contribution in [3.8, 4) is 16.9 Å². The summed E-state index contributed by atoms with van der Waals surface area (Å²) in [6.07, 6.45) is 4.86. The lowest BCUT2D eigenvalue weighted by Crippen LogP contribution is -2.38. The van der Waals surface area contributed by atoms with Gasteiger partial charge in [0.1, 0.15) is 5.75 Å². The van der Waals surface area contributed by atoms with Gasteiger partial charge in [-0.05, 0) is 66.8 Å². The summed E-state index contributed by atoms with van der Waals surface area (Å²) in [4.78, 5) is 19.7. The summed E-state index contributed by atoms with van der Waals surface area (Å²) >= 11 is 0. The van der Waals surface area contributed by atoms with Crippen LogP contribution in [0.4, 0.5) is 0 Å². The van der Waals surface area contributed by atoms with Gasteiger partial charge in [0.15, 0.2) is 0 Å². The predicted molar refractivity (Wildman–Crippen MR) is 105 cm³/mol. The number of aromatic nitrogens is 1. The molecular formula is C23H22N2O2. The highest BCUT2D eigenvalue weighted by Gasteiger charge is 2.29. The first-order chi connectivity index (χ1) is 13.2. The number of hydrogen-bond acceptors (Lipinski definition) is 3. The molecule has 0 radical (unpaired) electrons. The summed E-state index contributed by atoms with van der Waals surface area (Å²) in [6.45, 7) is 0.753. The number of rotatable bonds is 3. The zero-order valence-corrected chi connectivity index (χ0v) is 15.1. The maximum absolute atomic E-state index is 13.3. The molecule has 1 N–H and O–H groups in total. The predicted octanol–water partition coefficient (Wildman–Crippen LogP) is 4.82. The van der Waals surface area contributed by atoms with E-state index in [1.165, 1.54) is 0 Å². The lowest BCUT2D eigenvalue weighted by molar-refractivity contribution is 0.0606. The number of pyridine rings is 1. The van der Waals surface area contributed by atoms with Gasteiger partial charge in [0.25, 0.3) is 5.91 Å². The summed E-state index contributed by atoms with van der Waals surface area (Å²) in [5.74, 6) is 0.281. The van der Waals surface area contributed by atoms with E-state index in [-0.39, 0.29) is 17.7 Å². The van der Waals surface area contributed by atoms with Gasteiger partial charge in [-0.25, -0.2) is 0 Å². The zero-order valence-electron chi connectivity index (χ0n) is 15.1. The standard InChI is InChI=1S/C23H22N2O2/c26-20-12-10-17(11-13-20)18-6-5-7-19(16-18)23(27)25-15-4-2-9-22(25)21-8-1-3-14-24-21/h1,3,5-8,10-14,16,22,26H,2,4,9,15H2/t22-/m0/s1. The Balaban J connectivity index is 1.63. The molecule has 4 nitrogen and oxygen atoms in total. The van der Waals surface area contributed by atoms with Gasteiger partial charge in [0.05, 0.1) is 11.7 Å². The molecule has 136 valence electrons. The lowest BCUT2D eigenvalue weighted by Gasteiger charge is -2.35. The monoisotopic (exact) mass is 358 g/mol. The number of carbonyl (C=O) groups excluding carboxylic acids is 1. The Morgan fingerprint density at radius 2 is 1.81 bits per heavy atom. The summed E-state index contributed by atoms with van der Waals surface area (Å²) in [5.41, 5.74) is 3.58. The number of phenolic OH excluding ortho intramolecular Hbond substituents is 1. The van der Waals surface area contributed by atoms with Crippen LogP contribution in [0.2, 0.25) is 0 Å². The molecule has 1 atom stereocenters. The number of likely N-dealkylation sites (tertiary alicyclic amines) is 1. The molecule has 1 saturated heterocycles. The maximum atomic E-state index is 13.3. The summed E-state index contributed by atoms with van der Waals surface area (Å²) in [7, 11) is 0. The number of amides is 1. The molecule has 1 aliphatic heterocycles. The Morgan fingerprint density at radius 3 is 2.59 bits per heavy atom. The van der Waals surface area contributed by atoms with E-state index in [1.807, 2.05) is 59.5 Å². The fraction of sp³-hybridized carbons (Fsp3) is 0.217. The van der Waals surface area contributed by atoms with Crippen LogP contribution >= 0.6 is 0 Å². The molecular weight excluding hydrogens is 336 g/mol. The number of benzene rings is 2. The SMILES string of the molecule is O=C(c1cccc(-c2ccc(O)cc2)c1)N1CCCC[C@H]1c1ccccn1. The van der Waals surface area contributed by atoms with E-state index in [2.05, 4.69) is 4.98 Å². The van der Waals surface area contributed by atoms with E-state index in [1.54, 1.807) is 18.3 Å². The van der Waals surface area contributed by atoms with Crippen LogP contribution in [0.15, 0.2) is 72.9 Å². The minimum Gasteiger partial charge on any atom is -0.508 e. The van der Waals surface area contributed by atoms with Gasteiger partial charge in [-0.2, -0.15) is 0 Å². The van der Waals surface area contributed by atoms with Crippen molar-refractivity contribution in [2.45, 2.75) is 25.3 Å². The van der Waals surface area contributed by atoms with Gasteiger partial charge >= 0.3 is 0 Å². The van der Waals surface area contributed by atoms with Gasteiger partial charge < -0.3 is 10.0 Å². The van der Waals surface area contributed by atoms with Crippen LogP contribution in [0.3, 0.4) is 0 Å². The highest BCUT2D eigenvalue weighted by molar-refractivity contribution is 5.95. The second-order valence-electron chi connectivity index (χ2n) is 6.89. The van der Waals surface area contributed by atoms with Gasteiger partial charge in [-0.1, -0.05) is 30.3 Å². The maximum Gasteiger partial charge on any atom is 0.254 e. The first-order valence-electron chi connectivity index (χ1n) is 9.34. The molecule has 2 heterocycles. The zero-order chi connectivity index (χ0) is 18.6. The number of piperidine rings is 1. The molecule has 1 aliphatic rings. The molecule has 1 aromatic heterocycles. The summed E-state index contributed by atoms with van der Waals surface area (Å²) in [6, 6.07) is 20.6. The van der Waals surface area contributed by atoms with Crippen LogP contribution in [0, 0.1) is 0 Å². The quantitative estimate of drug-likeness (QED) is 0.730. The summed E-state index contributed by atoms with van der Waals surface area (Å²) in [5, 5.41) is 9.49. The van der Waals surface area contributed by atoms with Gasteiger partial charge in [-0.15, -0.1) is 0 Å². The van der Waals surface area contributed by atoms with E-state index in [0.29, 0.717) is 5.56 Å². The van der Waals surface area contributed by atoms with E-state index in [0.717, 1.165) is 42.6 Å². The fourth-order valence-electron chi connectivity index (χ4n) is 3.71. The van der Waals surface area contributed by atoms with Crippen LogP contribution in [0.1, 0.15) is 41.4 Å². The Hall–Kier alpha value is -3.14. The molecule has 4 heteroatoms. The Bertz CT molecular complexity index is 923. The highest BCUT2D eigenvalue weighted by Crippen LogP contribution is 2.31. The second-order valence-corrected chi connectivity index (χ2v) is 6.89. The van der Waals surface area contributed by atoms with Crippen LogP contribution in [-0.2, 0) is 0 Å². The number of phenols is 1. The minimum atomic E-state index is 0.0322. The molecule has 0 spiro atoms. The van der Waals surface area contributed by atoms with Crippen molar-refractivity contribution in [2.75, 3.05) is 6.54 Å². The van der Waals surface area contributed by atoms with E-state index < -0.39 is 0 Å². The molecule has 3 aromatic rings. The van der Waals surface area contributed by atoms with Gasteiger partial charge in [0, 0.05) is 18.3 Å². The molecule has 0 unspecified atom stereocenters. The topological polar surface area (TPSA) is 53.4 Å². The first kappa shape index (κ1) is 17.3. The fourth-order valence-corrected chi connectivity index (χ4v) is 3.71. The number of aromatic hydroxyl groups is 1. The normalized spacial score (nSPS) is 16.9. The van der Waals surface area contributed by atoms with Crippen molar-refractivity contribution in [3.05, 3.63) is 84.2 Å². The lowest BCUT2D eigenvalue weighted by atomic mass is 9.96. The summed E-state index contributed by atoms with van der Waals surface area (Å²) < 4.78 is 0. The number of nitrogens with zero attached hydrogens (tertiary/aromatic N) is 2. The smallest absolute Gasteiger partial charge is 0.254 e. The van der Waals surface area contributed by atoms with E-state index in [4.69, 9.17) is 0 Å². The number of carbonyl (C=O) groups is 1. The molecule has 0 bridgehead atoms. The Labute approximate surface area is 159 Å². The molecule has 0 saturated carbocycles. The van der Waals surface area contributed by atoms with Gasteiger partial charge in [-0.3, -0.25) is 9.78 Å². The van der Waals surface area contributed by atoms with Crippen LogP contribution in [0.25, 0.3) is 11.1 Å². The third-order valence-corrected chi connectivity index (χ3v) is 5.10. The van der Waals surface area contributed by atoms with Crippen LogP contribution < -0.4 is 0 Å². The third kappa shape index (κ3) is 3.70. The largest absolute Gasteiger partial charge is 0.508 e. The van der Waals surface area contributed by atoms with Crippen molar-refractivity contribution in [3.63, 3.8) is 0 Å². The minimum absolute atomic E-state index is 0.0322. The van der Waals surface area contributed by atoms with Crippen LogP contribution in [-0.4, -0.2) is 27.4 Å². The second kappa shape index (κ2) is 7.62. The molecule has 4 rings (SSSR count). The molecule has 0 aliphatic carbocycles. The third-order valence-electron chi connectivity index (χ3n) is 5.10. The Morgan fingerprint density at radius 1 is 0.963 bits per heavy atom. The van der Waals surface area contributed by atoms with Gasteiger partial charge in [0.2, 0.25) is 0 Å². The molecule has 2 aromatic carbocycles. The Kier molecular flexibility index (Phi) is 4.88. The molecule has 27 heavy (non-hydrogen) atoms. The van der Waals surface area contributed by atoms with Crippen molar-refractivity contribution in [1.29, 1.82) is 0 Å². The number of hydrogen-bond donors (Lipinski definition) is 1. The highest BCUT2D eigenvalue weighted by atomic mass is 16.3. The average molecular weight is 358 g/mol. The van der Waals surface area contributed by atoms with Crippen molar-refractivity contribution < 1.29 is 9.90 Å². The van der Waals surface area contributed by atoms with E-state index in [9.17, 15) is 9.90 Å². The van der Waals surface area contributed by atoms with Crippen molar-refractivity contribution >= 4 is 5.91 Å². The van der Waals surface area contributed by atoms with E-state index >= 15 is 0 Å². The first-order valence-corrected chi connectivity index (χ1v) is 9.34.